The molecule has 18 heavy (non-hydrogen) atoms. The van der Waals surface area contributed by atoms with Crippen molar-refractivity contribution in [1.29, 1.82) is 0 Å². The Labute approximate surface area is 108 Å². The Morgan fingerprint density at radius 1 is 1.56 bits per heavy atom. The van der Waals surface area contributed by atoms with Crippen molar-refractivity contribution in [2.75, 3.05) is 0 Å². The second kappa shape index (κ2) is 3.70. The first-order valence-electron chi connectivity index (χ1n) is 6.70. The third-order valence-electron chi connectivity index (χ3n) is 5.12. The number of ether oxygens (including phenoxy) is 1. The largest absolute Gasteiger partial charge is 0.458 e. The minimum absolute atomic E-state index is 0.0837. The smallest absolute Gasteiger partial charge is 0.334 e. The first-order chi connectivity index (χ1) is 8.42. The van der Waals surface area contributed by atoms with E-state index in [1.165, 1.54) is 5.57 Å². The SMILES string of the molecule is C=C1C(=O)O[C@@H]2[C@H]3C(C)=CC[C@H]3[C@@](C)(O)CC[C@@H]12. The maximum Gasteiger partial charge on any atom is 0.334 e. The minimum Gasteiger partial charge on any atom is -0.458 e. The first-order valence-corrected chi connectivity index (χ1v) is 6.70. The molecule has 1 saturated heterocycles. The molecule has 0 radical (unpaired) electrons. The van der Waals surface area contributed by atoms with E-state index in [0.717, 1.165) is 12.8 Å². The van der Waals surface area contributed by atoms with Crippen LogP contribution in [0, 0.1) is 17.8 Å². The van der Waals surface area contributed by atoms with Crippen LogP contribution < -0.4 is 0 Å². The monoisotopic (exact) mass is 248 g/mol. The number of carbonyl (C=O) groups is 1. The fourth-order valence-corrected chi connectivity index (χ4v) is 3.97. The van der Waals surface area contributed by atoms with Crippen molar-refractivity contribution < 1.29 is 14.6 Å². The van der Waals surface area contributed by atoms with E-state index in [2.05, 4.69) is 19.6 Å². The highest BCUT2D eigenvalue weighted by Crippen LogP contribution is 2.51. The Morgan fingerprint density at radius 2 is 2.28 bits per heavy atom. The Morgan fingerprint density at radius 3 is 3.00 bits per heavy atom. The van der Waals surface area contributed by atoms with Crippen LogP contribution in [0.1, 0.15) is 33.1 Å². The van der Waals surface area contributed by atoms with E-state index in [-0.39, 0.29) is 29.8 Å². The number of fused-ring (bicyclic) bond motifs is 3. The van der Waals surface area contributed by atoms with Gasteiger partial charge in [-0.1, -0.05) is 18.2 Å². The Kier molecular flexibility index (Phi) is 2.46. The summed E-state index contributed by atoms with van der Waals surface area (Å²) < 4.78 is 5.54. The molecule has 98 valence electrons. The molecule has 0 aromatic carbocycles. The van der Waals surface area contributed by atoms with E-state index in [0.29, 0.717) is 12.0 Å². The van der Waals surface area contributed by atoms with Crippen molar-refractivity contribution in [2.45, 2.75) is 44.8 Å². The number of allylic oxidation sites excluding steroid dienone is 1. The second-order valence-electron chi connectivity index (χ2n) is 6.21. The maximum atomic E-state index is 11.7. The standard InChI is InChI=1S/C15H20O3/c1-8-4-5-11-12(8)13-10(6-7-15(11,3)17)9(2)14(16)18-13/h4,10-13,17H,2,5-7H2,1,3H3/t10-,11+,12-,13-,15-/m0/s1. The van der Waals surface area contributed by atoms with Gasteiger partial charge in [-0.15, -0.1) is 0 Å². The zero-order valence-electron chi connectivity index (χ0n) is 11.0. The molecule has 0 aromatic heterocycles. The van der Waals surface area contributed by atoms with Crippen LogP contribution in [0.3, 0.4) is 0 Å². The number of hydrogen-bond donors (Lipinski definition) is 1. The van der Waals surface area contributed by atoms with Crippen molar-refractivity contribution in [3.63, 3.8) is 0 Å². The molecule has 0 bridgehead atoms. The Hall–Kier alpha value is -1.09. The van der Waals surface area contributed by atoms with Crippen LogP contribution in [0.25, 0.3) is 0 Å². The number of hydrogen-bond acceptors (Lipinski definition) is 3. The van der Waals surface area contributed by atoms with Gasteiger partial charge in [-0.25, -0.2) is 4.79 Å². The predicted molar refractivity (Wildman–Crippen MR) is 67.7 cm³/mol. The van der Waals surface area contributed by atoms with Crippen molar-refractivity contribution in [2.24, 2.45) is 17.8 Å². The lowest BCUT2D eigenvalue weighted by molar-refractivity contribution is -0.142. The van der Waals surface area contributed by atoms with Crippen LogP contribution in [0.4, 0.5) is 0 Å². The number of esters is 1. The van der Waals surface area contributed by atoms with Gasteiger partial charge in [0.05, 0.1) is 5.60 Å². The summed E-state index contributed by atoms with van der Waals surface area (Å²) in [5.74, 6) is 0.173. The fourth-order valence-electron chi connectivity index (χ4n) is 3.97. The lowest BCUT2D eigenvalue weighted by Crippen LogP contribution is -2.39. The summed E-state index contributed by atoms with van der Waals surface area (Å²) in [6.45, 7) is 7.87. The minimum atomic E-state index is -0.671. The van der Waals surface area contributed by atoms with Gasteiger partial charge in [-0.05, 0) is 33.1 Å². The number of aliphatic hydroxyl groups is 1. The van der Waals surface area contributed by atoms with E-state index >= 15 is 0 Å². The lowest BCUT2D eigenvalue weighted by atomic mass is 9.76. The fraction of sp³-hybridized carbons (Fsp3) is 0.667. The van der Waals surface area contributed by atoms with Gasteiger partial charge in [-0.2, -0.15) is 0 Å². The molecule has 3 nitrogen and oxygen atoms in total. The van der Waals surface area contributed by atoms with Gasteiger partial charge < -0.3 is 9.84 Å². The molecule has 0 aromatic rings. The molecule has 2 fully saturated rings. The zero-order valence-corrected chi connectivity index (χ0v) is 11.0. The average Bonchev–Trinajstić information content (AvgIpc) is 2.76. The maximum absolute atomic E-state index is 11.7. The molecule has 0 amide bonds. The van der Waals surface area contributed by atoms with Crippen LogP contribution in [-0.2, 0) is 9.53 Å². The lowest BCUT2D eigenvalue weighted by Gasteiger charge is -2.34. The van der Waals surface area contributed by atoms with Crippen LogP contribution >= 0.6 is 0 Å². The highest BCUT2D eigenvalue weighted by molar-refractivity contribution is 5.90. The summed E-state index contributed by atoms with van der Waals surface area (Å²) in [5.41, 5.74) is 1.17. The van der Waals surface area contributed by atoms with Crippen LogP contribution in [0.2, 0.25) is 0 Å². The summed E-state index contributed by atoms with van der Waals surface area (Å²) in [6.07, 6.45) is 4.47. The molecule has 1 heterocycles. The average molecular weight is 248 g/mol. The molecule has 0 unspecified atom stereocenters. The van der Waals surface area contributed by atoms with E-state index in [4.69, 9.17) is 4.74 Å². The summed E-state index contributed by atoms with van der Waals surface area (Å²) in [4.78, 5) is 11.7. The van der Waals surface area contributed by atoms with Gasteiger partial charge in [0, 0.05) is 23.3 Å². The van der Waals surface area contributed by atoms with Gasteiger partial charge in [0.25, 0.3) is 0 Å². The second-order valence-corrected chi connectivity index (χ2v) is 6.21. The molecule has 3 aliphatic rings. The highest BCUT2D eigenvalue weighted by atomic mass is 16.6. The summed E-state index contributed by atoms with van der Waals surface area (Å²) in [7, 11) is 0. The Bertz CT molecular complexity index is 447. The third-order valence-corrected chi connectivity index (χ3v) is 5.12. The molecular weight excluding hydrogens is 228 g/mol. The van der Waals surface area contributed by atoms with Crippen molar-refractivity contribution in [1.82, 2.24) is 0 Å². The van der Waals surface area contributed by atoms with Gasteiger partial charge in [0.1, 0.15) is 6.10 Å². The summed E-state index contributed by atoms with van der Waals surface area (Å²) >= 11 is 0. The Balaban J connectivity index is 2.01. The molecule has 5 atom stereocenters. The predicted octanol–water partition coefficient (Wildman–Crippen LogP) is 2.21. The van der Waals surface area contributed by atoms with Crippen molar-refractivity contribution in [3.05, 3.63) is 23.8 Å². The van der Waals surface area contributed by atoms with E-state index in [9.17, 15) is 9.90 Å². The van der Waals surface area contributed by atoms with E-state index < -0.39 is 5.60 Å². The van der Waals surface area contributed by atoms with Gasteiger partial charge in [0.15, 0.2) is 0 Å². The van der Waals surface area contributed by atoms with Gasteiger partial charge in [0.2, 0.25) is 0 Å². The summed E-state index contributed by atoms with van der Waals surface area (Å²) in [6, 6.07) is 0. The van der Waals surface area contributed by atoms with Crippen molar-refractivity contribution in [3.8, 4) is 0 Å². The first kappa shape index (κ1) is 12.0. The quantitative estimate of drug-likeness (QED) is 0.406. The molecule has 0 spiro atoms. The van der Waals surface area contributed by atoms with E-state index in [1.54, 1.807) is 0 Å². The molecule has 1 N–H and O–H groups in total. The molecule has 1 aliphatic heterocycles. The molecular formula is C15H20O3. The van der Waals surface area contributed by atoms with Crippen LogP contribution in [-0.4, -0.2) is 22.8 Å². The van der Waals surface area contributed by atoms with Gasteiger partial charge >= 0.3 is 5.97 Å². The number of rotatable bonds is 0. The van der Waals surface area contributed by atoms with E-state index in [1.807, 2.05) is 6.92 Å². The number of carbonyl (C=O) groups excluding carboxylic acids is 1. The third kappa shape index (κ3) is 1.50. The topological polar surface area (TPSA) is 46.5 Å². The molecule has 3 heteroatoms. The highest BCUT2D eigenvalue weighted by Gasteiger charge is 2.54. The molecule has 1 saturated carbocycles. The van der Waals surface area contributed by atoms with Crippen molar-refractivity contribution >= 4 is 5.97 Å². The van der Waals surface area contributed by atoms with Gasteiger partial charge in [-0.3, -0.25) is 0 Å². The van der Waals surface area contributed by atoms with Crippen LogP contribution in [0.15, 0.2) is 23.8 Å². The molecule has 2 aliphatic carbocycles. The molecule has 3 rings (SSSR count). The summed E-state index contributed by atoms with van der Waals surface area (Å²) in [5, 5.41) is 10.6. The zero-order chi connectivity index (χ0) is 13.1. The van der Waals surface area contributed by atoms with Crippen LogP contribution in [0.5, 0.6) is 0 Å². The normalized spacial score (nSPS) is 47.2.